The number of aromatic carboxylic acids is 1. The van der Waals surface area contributed by atoms with Gasteiger partial charge in [0.15, 0.2) is 11.3 Å². The number of carboxylic acids is 1. The van der Waals surface area contributed by atoms with Crippen molar-refractivity contribution in [3.63, 3.8) is 0 Å². The summed E-state index contributed by atoms with van der Waals surface area (Å²) in [4.78, 5) is 24.4. The van der Waals surface area contributed by atoms with Crippen LogP contribution < -0.4 is 64.5 Å². The smallest absolute Gasteiger partial charge is 0.506 e. The molecule has 0 atom stereocenters. The van der Waals surface area contributed by atoms with Gasteiger partial charge in [0, 0.05) is 16.5 Å². The number of carbonyl (C=O) groups is 1. The first kappa shape index (κ1) is 28.6. The molecule has 2 aromatic carbocycles. The van der Waals surface area contributed by atoms with E-state index in [0.29, 0.717) is 47.7 Å². The Morgan fingerprint density at radius 2 is 1.55 bits per heavy atom. The molecule has 2 N–H and O–H groups in total. The molecule has 0 aromatic heterocycles. The quantitative estimate of drug-likeness (QED) is 0.173. The largest absolute Gasteiger partial charge is 1.00 e. The first-order valence-electron chi connectivity index (χ1n) is 8.00. The second-order valence-corrected chi connectivity index (χ2v) is 10.6. The van der Waals surface area contributed by atoms with Crippen molar-refractivity contribution in [3.05, 3.63) is 66.5 Å². The van der Waals surface area contributed by atoms with Crippen molar-refractivity contribution in [2.45, 2.75) is 0 Å². The summed E-state index contributed by atoms with van der Waals surface area (Å²) in [6, 6.07) is 10.2. The van der Waals surface area contributed by atoms with E-state index >= 15 is 0 Å². The van der Waals surface area contributed by atoms with Crippen LogP contribution in [0.15, 0.2) is 45.6 Å². The van der Waals surface area contributed by atoms with E-state index in [4.69, 9.17) is 4.42 Å². The Kier molecular flexibility index (Phi) is 10.5. The van der Waals surface area contributed by atoms with E-state index in [9.17, 15) is 19.8 Å². The molecular weight excluding hydrogens is 874 g/mol. The number of rotatable bonds is 2. The molecule has 31 heavy (non-hydrogen) atoms. The first-order chi connectivity index (χ1) is 13.7. The molecule has 0 bridgehead atoms. The molecule has 0 spiro atoms. The molecule has 4 rings (SSSR count). The average molecular weight is 882 g/mol. The summed E-state index contributed by atoms with van der Waals surface area (Å²) in [5.74, 6) is -0.588. The maximum Gasteiger partial charge on any atom is 1.00 e. The summed E-state index contributed by atoms with van der Waals surface area (Å²) in [5, 5.41) is 20.8. The number of hydrogen-bond donors (Lipinski definition) is 2. The summed E-state index contributed by atoms with van der Waals surface area (Å²) in [7, 11) is 0. The fourth-order valence-electron chi connectivity index (χ4n) is 3.17. The van der Waals surface area contributed by atoms with Crippen LogP contribution in [0.3, 0.4) is 0 Å². The van der Waals surface area contributed by atoms with Gasteiger partial charge in [-0.1, -0.05) is 18.2 Å². The van der Waals surface area contributed by atoms with Crippen molar-refractivity contribution in [1.29, 1.82) is 0 Å². The number of aromatic hydroxyl groups is 1. The second kappa shape index (κ2) is 11.4. The Bertz CT molecular complexity index is 1370. The van der Waals surface area contributed by atoms with Crippen molar-refractivity contribution in [3.8, 4) is 28.2 Å². The van der Waals surface area contributed by atoms with E-state index in [1.807, 2.05) is 90.4 Å². The molecular formula is C20H8I4Na2O5+2. The van der Waals surface area contributed by atoms with Gasteiger partial charge in [0.1, 0.15) is 9.32 Å². The summed E-state index contributed by atoms with van der Waals surface area (Å²) in [6.07, 6.45) is 0. The molecule has 146 valence electrons. The third-order valence-electron chi connectivity index (χ3n) is 4.45. The van der Waals surface area contributed by atoms with Gasteiger partial charge in [-0.05, 0) is 114 Å². The van der Waals surface area contributed by atoms with Crippen molar-refractivity contribution in [2.75, 3.05) is 0 Å². The van der Waals surface area contributed by atoms with E-state index in [0.717, 1.165) is 0 Å². The number of benzene rings is 3. The molecule has 0 amide bonds. The van der Waals surface area contributed by atoms with Crippen molar-refractivity contribution in [2.24, 2.45) is 0 Å². The second-order valence-electron chi connectivity index (χ2n) is 6.10. The van der Waals surface area contributed by atoms with Gasteiger partial charge in [0.2, 0.25) is 5.43 Å². The minimum Gasteiger partial charge on any atom is -0.506 e. The van der Waals surface area contributed by atoms with Crippen LogP contribution in [0.1, 0.15) is 10.4 Å². The number of fused-ring (bicyclic) bond motifs is 2. The van der Waals surface area contributed by atoms with Gasteiger partial charge in [-0.15, -0.1) is 0 Å². The molecule has 2 aromatic rings. The van der Waals surface area contributed by atoms with Crippen LogP contribution in [-0.2, 0) is 0 Å². The molecule has 11 heteroatoms. The standard InChI is InChI=1S/C20H8I4O5.2Na/c21-11-5-9-13(7-3-1-2-4-8(7)20(27)28)10-6-12(22)17(26)15(24)19(10)29-18(9)14(23)16(11)25;;/h1-6,25H,(H,27,28);;/q;2*+1. The first-order valence-corrected chi connectivity index (χ1v) is 12.3. The van der Waals surface area contributed by atoms with Gasteiger partial charge in [-0.3, -0.25) is 4.79 Å². The van der Waals surface area contributed by atoms with Crippen LogP contribution in [0, 0.1) is 14.3 Å². The minimum atomic E-state index is -1.05. The Hall–Kier alpha value is 1.32. The number of phenols is 1. The third kappa shape index (κ3) is 5.15. The third-order valence-corrected chi connectivity index (χ3v) is 8.05. The molecule has 0 fully saturated rings. The normalized spacial score (nSPS) is 10.6. The van der Waals surface area contributed by atoms with Crippen LogP contribution in [0.25, 0.3) is 33.4 Å². The van der Waals surface area contributed by atoms with Gasteiger partial charge in [0.05, 0.1) is 16.3 Å². The number of phenolic OH excluding ortho intramolecular Hbond substituents is 1. The Morgan fingerprint density at radius 1 is 0.903 bits per heavy atom. The van der Waals surface area contributed by atoms with E-state index in [-0.39, 0.29) is 75.9 Å². The Balaban J connectivity index is 0.00000171. The van der Waals surface area contributed by atoms with Gasteiger partial charge < -0.3 is 14.6 Å². The molecule has 2 aliphatic rings. The molecule has 0 saturated carbocycles. The van der Waals surface area contributed by atoms with E-state index in [2.05, 4.69) is 0 Å². The summed E-state index contributed by atoms with van der Waals surface area (Å²) in [5.41, 5.74) is 2.24. The summed E-state index contributed by atoms with van der Waals surface area (Å²) < 4.78 is 8.16. The van der Waals surface area contributed by atoms with E-state index in [1.54, 1.807) is 36.4 Å². The van der Waals surface area contributed by atoms with Crippen LogP contribution in [-0.4, -0.2) is 16.2 Å². The van der Waals surface area contributed by atoms with Crippen LogP contribution in [0.4, 0.5) is 0 Å². The zero-order chi connectivity index (χ0) is 21.0. The fourth-order valence-corrected chi connectivity index (χ4v) is 6.75. The molecule has 5 nitrogen and oxygen atoms in total. The zero-order valence-corrected chi connectivity index (χ0v) is 28.7. The SMILES string of the molecule is O=C(O)c1ccccc1-c1c2cc(I)c(=O)c(I)c-2oc2c(I)c(O)c(I)cc12.[Na+].[Na+]. The van der Waals surface area contributed by atoms with Crippen molar-refractivity contribution < 1.29 is 78.5 Å². The average Bonchev–Trinajstić information content (AvgIpc) is 2.69. The predicted molar refractivity (Wildman–Crippen MR) is 144 cm³/mol. The van der Waals surface area contributed by atoms with Crippen LogP contribution in [0.5, 0.6) is 5.75 Å². The monoisotopic (exact) mass is 882 g/mol. The zero-order valence-electron chi connectivity index (χ0n) is 16.1. The molecule has 0 unspecified atom stereocenters. The number of carboxylic acid groups (broad SMARTS) is 1. The molecule has 0 saturated heterocycles. The number of hydrogen-bond acceptors (Lipinski definition) is 4. The van der Waals surface area contributed by atoms with Crippen molar-refractivity contribution in [1.82, 2.24) is 0 Å². The summed E-state index contributed by atoms with van der Waals surface area (Å²) in [6.45, 7) is 0. The van der Waals surface area contributed by atoms with Crippen LogP contribution in [0.2, 0.25) is 0 Å². The van der Waals surface area contributed by atoms with E-state index in [1.165, 1.54) is 0 Å². The predicted octanol–water partition coefficient (Wildman–Crippen LogP) is 0.395. The summed E-state index contributed by atoms with van der Waals surface area (Å²) >= 11 is 7.96. The Labute approximate surface area is 275 Å². The molecule has 1 aliphatic carbocycles. The van der Waals surface area contributed by atoms with Gasteiger partial charge in [-0.2, -0.15) is 0 Å². The van der Waals surface area contributed by atoms with Crippen LogP contribution >= 0.6 is 90.4 Å². The molecule has 0 radical (unpaired) electrons. The maximum absolute atomic E-state index is 12.5. The number of halogens is 4. The Morgan fingerprint density at radius 3 is 2.19 bits per heavy atom. The van der Waals surface area contributed by atoms with Gasteiger partial charge >= 0.3 is 65.1 Å². The molecule has 1 aliphatic heterocycles. The van der Waals surface area contributed by atoms with Gasteiger partial charge in [0.25, 0.3) is 0 Å². The molecule has 1 heterocycles. The maximum atomic E-state index is 12.5. The van der Waals surface area contributed by atoms with Crippen molar-refractivity contribution >= 4 is 107 Å². The van der Waals surface area contributed by atoms with E-state index < -0.39 is 5.97 Å². The van der Waals surface area contributed by atoms with Gasteiger partial charge in [-0.25, -0.2) is 4.79 Å². The fraction of sp³-hybridized carbons (Fsp3) is 0. The topological polar surface area (TPSA) is 87.7 Å². The minimum absolute atomic E-state index is 0.